The van der Waals surface area contributed by atoms with Crippen LogP contribution >= 0.6 is 11.3 Å². The largest absolute Gasteiger partial charge is 0.397 e. The van der Waals surface area contributed by atoms with Gasteiger partial charge >= 0.3 is 0 Å². The van der Waals surface area contributed by atoms with Gasteiger partial charge in [0.2, 0.25) is 0 Å². The van der Waals surface area contributed by atoms with Crippen LogP contribution in [0.1, 0.15) is 10.7 Å². The minimum atomic E-state index is 0.710. The highest BCUT2D eigenvalue weighted by atomic mass is 32.1. The van der Waals surface area contributed by atoms with Gasteiger partial charge < -0.3 is 11.1 Å². The minimum Gasteiger partial charge on any atom is -0.397 e. The van der Waals surface area contributed by atoms with Gasteiger partial charge in [-0.2, -0.15) is 0 Å². The molecule has 20 heavy (non-hydrogen) atoms. The highest BCUT2D eigenvalue weighted by molar-refractivity contribution is 7.09. The van der Waals surface area contributed by atoms with E-state index in [-0.39, 0.29) is 0 Å². The van der Waals surface area contributed by atoms with E-state index < -0.39 is 0 Å². The summed E-state index contributed by atoms with van der Waals surface area (Å²) >= 11 is 1.71. The Morgan fingerprint density at radius 3 is 3.00 bits per heavy atom. The van der Waals surface area contributed by atoms with Crippen LogP contribution in [0.15, 0.2) is 35.8 Å². The molecule has 0 radical (unpaired) electrons. The van der Waals surface area contributed by atoms with Crippen LogP contribution in [0.4, 0.5) is 11.4 Å². The Morgan fingerprint density at radius 2 is 2.20 bits per heavy atom. The zero-order chi connectivity index (χ0) is 13.9. The van der Waals surface area contributed by atoms with Gasteiger partial charge in [0, 0.05) is 41.3 Å². The first-order valence-electron chi connectivity index (χ1n) is 6.52. The zero-order valence-corrected chi connectivity index (χ0v) is 12.1. The van der Waals surface area contributed by atoms with E-state index >= 15 is 0 Å². The maximum atomic E-state index is 5.95. The molecule has 0 aliphatic rings. The fourth-order valence-electron chi connectivity index (χ4n) is 2.17. The SMILES string of the molecule is Cc1csc(CCNc2ccnc3c(N)cccc23)n1. The van der Waals surface area contributed by atoms with Crippen molar-refractivity contribution in [1.29, 1.82) is 0 Å². The van der Waals surface area contributed by atoms with Crippen LogP contribution in [0.2, 0.25) is 0 Å². The second kappa shape index (κ2) is 5.46. The van der Waals surface area contributed by atoms with Crippen molar-refractivity contribution in [2.75, 3.05) is 17.6 Å². The highest BCUT2D eigenvalue weighted by Gasteiger charge is 2.04. The van der Waals surface area contributed by atoms with Crippen LogP contribution in [0, 0.1) is 6.92 Å². The second-order valence-corrected chi connectivity index (χ2v) is 5.60. The van der Waals surface area contributed by atoms with Crippen molar-refractivity contribution in [2.24, 2.45) is 0 Å². The topological polar surface area (TPSA) is 63.8 Å². The van der Waals surface area contributed by atoms with Crippen LogP contribution < -0.4 is 11.1 Å². The second-order valence-electron chi connectivity index (χ2n) is 4.66. The molecule has 0 atom stereocenters. The summed E-state index contributed by atoms with van der Waals surface area (Å²) in [7, 11) is 0. The molecule has 0 aliphatic carbocycles. The molecule has 4 nitrogen and oxygen atoms in total. The Hall–Kier alpha value is -2.14. The predicted octanol–water partition coefficient (Wildman–Crippen LogP) is 3.24. The lowest BCUT2D eigenvalue weighted by Crippen LogP contribution is -2.05. The molecular weight excluding hydrogens is 268 g/mol. The summed E-state index contributed by atoms with van der Waals surface area (Å²) in [5.41, 5.74) is 9.66. The number of hydrogen-bond donors (Lipinski definition) is 2. The summed E-state index contributed by atoms with van der Waals surface area (Å²) in [6.07, 6.45) is 2.71. The Morgan fingerprint density at radius 1 is 1.30 bits per heavy atom. The minimum absolute atomic E-state index is 0.710. The fraction of sp³-hybridized carbons (Fsp3) is 0.200. The van der Waals surface area contributed by atoms with Crippen molar-refractivity contribution in [1.82, 2.24) is 9.97 Å². The van der Waals surface area contributed by atoms with Crippen LogP contribution in [0.25, 0.3) is 10.9 Å². The molecule has 0 amide bonds. The number of nitrogens with one attached hydrogen (secondary N) is 1. The third-order valence-electron chi connectivity index (χ3n) is 3.12. The zero-order valence-electron chi connectivity index (χ0n) is 11.3. The van der Waals surface area contributed by atoms with Gasteiger partial charge in [-0.25, -0.2) is 4.98 Å². The lowest BCUT2D eigenvalue weighted by Gasteiger charge is -2.09. The fourth-order valence-corrected chi connectivity index (χ4v) is 2.95. The molecule has 0 saturated heterocycles. The van der Waals surface area contributed by atoms with Gasteiger partial charge in [0.1, 0.15) is 0 Å². The quantitative estimate of drug-likeness (QED) is 0.722. The van der Waals surface area contributed by atoms with Crippen molar-refractivity contribution in [3.05, 3.63) is 46.5 Å². The van der Waals surface area contributed by atoms with E-state index in [1.807, 2.05) is 31.2 Å². The van der Waals surface area contributed by atoms with Crippen LogP contribution in [-0.2, 0) is 6.42 Å². The summed E-state index contributed by atoms with van der Waals surface area (Å²) in [5.74, 6) is 0. The Labute approximate surface area is 121 Å². The molecule has 2 heterocycles. The molecule has 102 valence electrons. The Bertz CT molecular complexity index is 736. The first-order valence-corrected chi connectivity index (χ1v) is 7.40. The van der Waals surface area contributed by atoms with Crippen molar-refractivity contribution in [2.45, 2.75) is 13.3 Å². The molecule has 3 N–H and O–H groups in total. The third kappa shape index (κ3) is 2.58. The van der Waals surface area contributed by atoms with E-state index in [0.29, 0.717) is 5.69 Å². The maximum Gasteiger partial charge on any atom is 0.0951 e. The van der Waals surface area contributed by atoms with E-state index in [9.17, 15) is 0 Å². The molecule has 5 heteroatoms. The van der Waals surface area contributed by atoms with Crippen molar-refractivity contribution in [3.63, 3.8) is 0 Å². The van der Waals surface area contributed by atoms with Crippen molar-refractivity contribution < 1.29 is 0 Å². The number of rotatable bonds is 4. The average molecular weight is 284 g/mol. The number of thiazole rings is 1. The van der Waals surface area contributed by atoms with Crippen molar-refractivity contribution >= 4 is 33.6 Å². The Balaban J connectivity index is 1.76. The Kier molecular flexibility index (Phi) is 3.52. The lowest BCUT2D eigenvalue weighted by molar-refractivity contribution is 0.988. The summed E-state index contributed by atoms with van der Waals surface area (Å²) in [6, 6.07) is 7.84. The van der Waals surface area contributed by atoms with E-state index in [2.05, 4.69) is 20.7 Å². The number of benzene rings is 1. The highest BCUT2D eigenvalue weighted by Crippen LogP contribution is 2.25. The van der Waals surface area contributed by atoms with E-state index in [0.717, 1.165) is 40.3 Å². The van der Waals surface area contributed by atoms with E-state index in [1.165, 1.54) is 0 Å². The molecule has 3 rings (SSSR count). The lowest BCUT2D eigenvalue weighted by atomic mass is 10.1. The number of para-hydroxylation sites is 1. The number of hydrogen-bond acceptors (Lipinski definition) is 5. The van der Waals surface area contributed by atoms with Crippen LogP contribution in [0.3, 0.4) is 0 Å². The number of nitrogens with zero attached hydrogens (tertiary/aromatic N) is 2. The molecule has 0 bridgehead atoms. The van der Waals surface area contributed by atoms with Gasteiger partial charge in [0.05, 0.1) is 16.2 Å². The molecule has 2 aromatic heterocycles. The van der Waals surface area contributed by atoms with Crippen LogP contribution in [-0.4, -0.2) is 16.5 Å². The van der Waals surface area contributed by atoms with E-state index in [1.54, 1.807) is 17.5 Å². The van der Waals surface area contributed by atoms with Gasteiger partial charge in [-0.15, -0.1) is 11.3 Å². The first kappa shape index (κ1) is 12.9. The smallest absolute Gasteiger partial charge is 0.0951 e. The molecule has 0 fully saturated rings. The summed E-state index contributed by atoms with van der Waals surface area (Å²) in [5, 5.41) is 7.74. The third-order valence-corrected chi connectivity index (χ3v) is 4.15. The molecule has 3 aromatic rings. The predicted molar refractivity (Wildman–Crippen MR) is 85.2 cm³/mol. The molecule has 1 aromatic carbocycles. The van der Waals surface area contributed by atoms with Gasteiger partial charge in [-0.3, -0.25) is 4.98 Å². The van der Waals surface area contributed by atoms with Crippen molar-refractivity contribution in [3.8, 4) is 0 Å². The number of nitrogen functional groups attached to an aromatic ring is 1. The number of nitrogens with two attached hydrogens (primary N) is 1. The molecule has 0 spiro atoms. The van der Waals surface area contributed by atoms with Gasteiger partial charge in [-0.1, -0.05) is 12.1 Å². The molecule has 0 unspecified atom stereocenters. The monoisotopic (exact) mass is 284 g/mol. The number of fused-ring (bicyclic) bond motifs is 1. The van der Waals surface area contributed by atoms with Crippen LogP contribution in [0.5, 0.6) is 0 Å². The summed E-state index contributed by atoms with van der Waals surface area (Å²) < 4.78 is 0. The normalized spacial score (nSPS) is 10.8. The summed E-state index contributed by atoms with van der Waals surface area (Å²) in [4.78, 5) is 8.80. The number of aryl methyl sites for hydroxylation is 1. The van der Waals surface area contributed by atoms with E-state index in [4.69, 9.17) is 5.73 Å². The average Bonchev–Trinajstić information content (AvgIpc) is 2.86. The molecule has 0 aliphatic heterocycles. The number of pyridine rings is 1. The summed E-state index contributed by atoms with van der Waals surface area (Å²) in [6.45, 7) is 2.87. The standard InChI is InChI=1S/C15H16N4S/c1-10-9-20-14(19-10)6-8-17-13-5-7-18-15-11(13)3-2-4-12(15)16/h2-5,7,9H,6,8,16H2,1H3,(H,17,18). The maximum absolute atomic E-state index is 5.95. The van der Waals surface area contributed by atoms with Gasteiger partial charge in [0.25, 0.3) is 0 Å². The number of aromatic nitrogens is 2. The molecular formula is C15H16N4S. The molecule has 0 saturated carbocycles. The number of anilines is 2. The van der Waals surface area contributed by atoms with Gasteiger partial charge in [0.15, 0.2) is 0 Å². The van der Waals surface area contributed by atoms with Gasteiger partial charge in [-0.05, 0) is 19.1 Å². The first-order chi connectivity index (χ1) is 9.74.